The van der Waals surface area contributed by atoms with Crippen molar-refractivity contribution in [2.75, 3.05) is 0 Å². The van der Waals surface area contributed by atoms with Gasteiger partial charge in [0.2, 0.25) is 0 Å². The van der Waals surface area contributed by atoms with E-state index < -0.39 is 33.2 Å². The largest absolute Gasteiger partial charge is 0.293 e. The van der Waals surface area contributed by atoms with Gasteiger partial charge in [-0.3, -0.25) is 14.9 Å². The molecule has 92 valence electrons. The minimum Gasteiger partial charge on any atom is -0.293 e. The quantitative estimate of drug-likeness (QED) is 0.370. The van der Waals surface area contributed by atoms with Crippen LogP contribution in [0.15, 0.2) is 18.2 Å². The number of halogens is 3. The first kappa shape index (κ1) is 13.7. The summed E-state index contributed by atoms with van der Waals surface area (Å²) >= 11 is 3.01. The Labute approximate surface area is 104 Å². The lowest BCUT2D eigenvalue weighted by molar-refractivity contribution is -0.386. The maximum atomic E-state index is 12.6. The minimum absolute atomic E-state index is 0.0234. The monoisotopic (exact) mass is 307 g/mol. The van der Waals surface area contributed by atoms with Gasteiger partial charge in [-0.2, -0.15) is 0 Å². The van der Waals surface area contributed by atoms with Crippen molar-refractivity contribution in [3.63, 3.8) is 0 Å². The van der Waals surface area contributed by atoms with Crippen molar-refractivity contribution in [2.45, 2.75) is 18.2 Å². The number of rotatable bonds is 4. The summed E-state index contributed by atoms with van der Waals surface area (Å²) in [6.07, 6.45) is -2.99. The maximum Gasteiger partial charge on any atom is 0.278 e. The molecule has 1 aromatic rings. The van der Waals surface area contributed by atoms with E-state index in [0.717, 1.165) is 12.1 Å². The van der Waals surface area contributed by atoms with Crippen molar-refractivity contribution in [3.05, 3.63) is 39.4 Å². The molecule has 1 unspecified atom stereocenters. The normalized spacial score (nSPS) is 12.5. The first-order valence-corrected chi connectivity index (χ1v) is 5.51. The highest BCUT2D eigenvalue weighted by atomic mass is 79.9. The molecule has 0 aliphatic heterocycles. The number of alkyl halides is 3. The Balaban J connectivity index is 3.28. The first-order valence-electron chi connectivity index (χ1n) is 4.59. The van der Waals surface area contributed by atoms with Crippen LogP contribution in [0.3, 0.4) is 0 Å². The number of nitrogens with zero attached hydrogens (tertiary/aromatic N) is 1. The SMILES string of the molecule is CC(Br)C(=O)c1ccc([N+](=O)[O-])c(C(F)F)c1. The van der Waals surface area contributed by atoms with Gasteiger partial charge in [0.05, 0.1) is 15.3 Å². The number of hydrogen-bond acceptors (Lipinski definition) is 3. The van der Waals surface area contributed by atoms with E-state index in [1.54, 1.807) is 6.92 Å². The average molecular weight is 308 g/mol. The average Bonchev–Trinajstić information content (AvgIpc) is 2.26. The second-order valence-corrected chi connectivity index (χ2v) is 4.69. The van der Waals surface area contributed by atoms with E-state index in [1.807, 2.05) is 0 Å². The number of hydrogen-bond donors (Lipinski definition) is 0. The first-order chi connectivity index (χ1) is 7.84. The van der Waals surface area contributed by atoms with Crippen LogP contribution in [0.5, 0.6) is 0 Å². The van der Waals surface area contributed by atoms with Gasteiger partial charge in [-0.1, -0.05) is 15.9 Å². The molecule has 0 aliphatic carbocycles. The number of benzene rings is 1. The molecular weight excluding hydrogens is 300 g/mol. The van der Waals surface area contributed by atoms with E-state index in [9.17, 15) is 23.7 Å². The van der Waals surface area contributed by atoms with Gasteiger partial charge in [0.25, 0.3) is 12.1 Å². The molecular formula is C10H8BrF2NO3. The topological polar surface area (TPSA) is 60.2 Å². The molecule has 0 aromatic heterocycles. The van der Waals surface area contributed by atoms with E-state index in [0.29, 0.717) is 0 Å². The van der Waals surface area contributed by atoms with Gasteiger partial charge in [0, 0.05) is 11.6 Å². The van der Waals surface area contributed by atoms with Crippen LogP contribution in [0, 0.1) is 10.1 Å². The molecule has 17 heavy (non-hydrogen) atoms. The predicted octanol–water partition coefficient (Wildman–Crippen LogP) is 3.50. The molecule has 0 aliphatic rings. The minimum atomic E-state index is -2.99. The molecule has 0 spiro atoms. The van der Waals surface area contributed by atoms with Crippen molar-refractivity contribution < 1.29 is 18.5 Å². The van der Waals surface area contributed by atoms with Gasteiger partial charge in [-0.15, -0.1) is 0 Å². The summed E-state index contributed by atoms with van der Waals surface area (Å²) in [6, 6.07) is 2.96. The summed E-state index contributed by atoms with van der Waals surface area (Å²) in [5.74, 6) is -0.401. The van der Waals surface area contributed by atoms with Crippen LogP contribution in [-0.4, -0.2) is 15.5 Å². The molecule has 0 bridgehead atoms. The summed E-state index contributed by atoms with van der Waals surface area (Å²) in [5, 5.41) is 10.5. The highest BCUT2D eigenvalue weighted by Gasteiger charge is 2.24. The van der Waals surface area contributed by atoms with Gasteiger partial charge in [0.15, 0.2) is 5.78 Å². The number of nitro groups is 1. The summed E-state index contributed by atoms with van der Waals surface area (Å²) < 4.78 is 25.2. The lowest BCUT2D eigenvalue weighted by Crippen LogP contribution is -2.11. The third-order valence-electron chi connectivity index (χ3n) is 2.11. The van der Waals surface area contributed by atoms with Crippen molar-refractivity contribution in [3.8, 4) is 0 Å². The van der Waals surface area contributed by atoms with Crippen molar-refractivity contribution >= 4 is 27.4 Å². The molecule has 1 aromatic carbocycles. The zero-order valence-corrected chi connectivity index (χ0v) is 10.3. The standard InChI is InChI=1S/C10H8BrF2NO3/c1-5(11)9(15)6-2-3-8(14(16)17)7(4-6)10(12)13/h2-5,10H,1H3. The van der Waals surface area contributed by atoms with Crippen LogP contribution in [0.25, 0.3) is 0 Å². The Morgan fingerprint density at radius 2 is 2.06 bits per heavy atom. The molecule has 0 fully saturated rings. The summed E-state index contributed by atoms with van der Waals surface area (Å²) in [5.41, 5.74) is -1.40. The molecule has 1 atom stereocenters. The van der Waals surface area contributed by atoms with Crippen LogP contribution in [0.2, 0.25) is 0 Å². The van der Waals surface area contributed by atoms with Crippen LogP contribution in [-0.2, 0) is 0 Å². The van der Waals surface area contributed by atoms with Crippen molar-refractivity contribution in [1.29, 1.82) is 0 Å². The van der Waals surface area contributed by atoms with E-state index in [2.05, 4.69) is 15.9 Å². The van der Waals surface area contributed by atoms with Gasteiger partial charge >= 0.3 is 0 Å². The third kappa shape index (κ3) is 3.06. The van der Waals surface area contributed by atoms with Crippen molar-refractivity contribution in [2.24, 2.45) is 0 Å². The highest BCUT2D eigenvalue weighted by Crippen LogP contribution is 2.30. The molecule has 0 N–H and O–H groups in total. The summed E-state index contributed by atoms with van der Waals surface area (Å²) in [7, 11) is 0. The highest BCUT2D eigenvalue weighted by molar-refractivity contribution is 9.10. The maximum absolute atomic E-state index is 12.6. The lowest BCUT2D eigenvalue weighted by Gasteiger charge is -2.06. The second kappa shape index (κ2) is 5.31. The smallest absolute Gasteiger partial charge is 0.278 e. The lowest BCUT2D eigenvalue weighted by atomic mass is 10.0. The molecule has 7 heteroatoms. The third-order valence-corrected chi connectivity index (χ3v) is 2.52. The number of Topliss-reactive ketones (excluding diaryl/α,β-unsaturated/α-hetero) is 1. The Hall–Kier alpha value is -1.37. The van der Waals surface area contributed by atoms with Crippen LogP contribution in [0.1, 0.15) is 29.3 Å². The molecule has 4 nitrogen and oxygen atoms in total. The van der Waals surface area contributed by atoms with E-state index >= 15 is 0 Å². The van der Waals surface area contributed by atoms with Gasteiger partial charge in [-0.25, -0.2) is 8.78 Å². The fourth-order valence-electron chi connectivity index (χ4n) is 1.28. The Kier molecular flexibility index (Phi) is 4.28. The number of ketones is 1. The second-order valence-electron chi connectivity index (χ2n) is 3.31. The van der Waals surface area contributed by atoms with Gasteiger partial charge < -0.3 is 0 Å². The number of nitro benzene ring substituents is 1. The van der Waals surface area contributed by atoms with Gasteiger partial charge in [0.1, 0.15) is 0 Å². The van der Waals surface area contributed by atoms with Crippen molar-refractivity contribution in [1.82, 2.24) is 0 Å². The fraction of sp³-hybridized carbons (Fsp3) is 0.300. The summed E-state index contributed by atoms with van der Waals surface area (Å²) in [4.78, 5) is 20.6. The van der Waals surface area contributed by atoms with Crippen LogP contribution < -0.4 is 0 Å². The summed E-state index contributed by atoms with van der Waals surface area (Å²) in [6.45, 7) is 1.55. The molecule has 0 radical (unpaired) electrons. The molecule has 0 saturated heterocycles. The Morgan fingerprint density at radius 3 is 2.47 bits per heavy atom. The zero-order valence-electron chi connectivity index (χ0n) is 8.69. The van der Waals surface area contributed by atoms with Gasteiger partial charge in [-0.05, 0) is 19.1 Å². The molecule has 0 amide bonds. The molecule has 0 heterocycles. The number of carbonyl (C=O) groups excluding carboxylic acids is 1. The zero-order chi connectivity index (χ0) is 13.2. The fourth-order valence-corrected chi connectivity index (χ4v) is 1.54. The predicted molar refractivity (Wildman–Crippen MR) is 60.8 cm³/mol. The van der Waals surface area contributed by atoms with Crippen LogP contribution >= 0.6 is 15.9 Å². The Morgan fingerprint density at radius 1 is 1.47 bits per heavy atom. The van der Waals surface area contributed by atoms with Crippen LogP contribution in [0.4, 0.5) is 14.5 Å². The van der Waals surface area contributed by atoms with E-state index in [-0.39, 0.29) is 5.56 Å². The molecule has 0 saturated carbocycles. The van der Waals surface area contributed by atoms with E-state index in [1.165, 1.54) is 6.07 Å². The van der Waals surface area contributed by atoms with E-state index in [4.69, 9.17) is 0 Å². The Bertz CT molecular complexity index is 463. The number of carbonyl (C=O) groups is 1. The molecule has 1 rings (SSSR count).